The zero-order valence-corrected chi connectivity index (χ0v) is 24.0. The van der Waals surface area contributed by atoms with Crippen molar-refractivity contribution in [2.24, 2.45) is 0 Å². The lowest BCUT2D eigenvalue weighted by Gasteiger charge is -2.36. The summed E-state index contributed by atoms with van der Waals surface area (Å²) >= 11 is 0. The van der Waals surface area contributed by atoms with Gasteiger partial charge in [0.15, 0.2) is 0 Å². The van der Waals surface area contributed by atoms with Crippen LogP contribution in [0.2, 0.25) is 0 Å². The smallest absolute Gasteiger partial charge is 0.241 e. The van der Waals surface area contributed by atoms with Crippen LogP contribution >= 0.6 is 0 Å². The quantitative estimate of drug-likeness (QED) is 0.348. The van der Waals surface area contributed by atoms with Gasteiger partial charge in [-0.3, -0.25) is 9.59 Å². The monoisotopic (exact) mass is 556 g/mol. The van der Waals surface area contributed by atoms with Crippen LogP contribution in [0, 0.1) is 0 Å². The van der Waals surface area contributed by atoms with E-state index in [0.717, 1.165) is 86.9 Å². The van der Waals surface area contributed by atoms with Gasteiger partial charge in [0, 0.05) is 61.4 Å². The molecule has 41 heavy (non-hydrogen) atoms. The van der Waals surface area contributed by atoms with Gasteiger partial charge in [-0.15, -0.1) is 0 Å². The number of nitrogens with one attached hydrogen (secondary N) is 3. The standard InChI is InChI=1S/C31H40N8O2/c1-37(2)18-4-6-29(40)39-21-19-38(20-22-39)26-13-11-25(12-14-26)35-31-33-17-15-27(36-31)23-7-9-24(10-8-23)34-30(41)28-5-3-16-32-28/h7-15,17,28,32H,3-6,16,18-22H2,1-2H3,(H,34,41)(H,33,35,36)/t28-/m0/s1. The minimum atomic E-state index is -0.108. The Morgan fingerprint density at radius 3 is 2.39 bits per heavy atom. The Morgan fingerprint density at radius 2 is 1.71 bits per heavy atom. The molecule has 0 saturated carbocycles. The molecule has 0 bridgehead atoms. The molecule has 2 amide bonds. The Labute approximate surface area is 242 Å². The molecule has 10 nitrogen and oxygen atoms in total. The van der Waals surface area contributed by atoms with Crippen molar-refractivity contribution < 1.29 is 9.59 Å². The van der Waals surface area contributed by atoms with Gasteiger partial charge in [-0.2, -0.15) is 0 Å². The van der Waals surface area contributed by atoms with Gasteiger partial charge >= 0.3 is 0 Å². The van der Waals surface area contributed by atoms with Crippen molar-refractivity contribution in [3.05, 3.63) is 60.8 Å². The first-order chi connectivity index (χ1) is 19.9. The second-order valence-corrected chi connectivity index (χ2v) is 10.9. The number of amides is 2. The molecule has 5 rings (SSSR count). The van der Waals surface area contributed by atoms with E-state index in [0.29, 0.717) is 12.4 Å². The van der Waals surface area contributed by atoms with Crippen LogP contribution in [0.5, 0.6) is 0 Å². The Bertz CT molecular complexity index is 1300. The van der Waals surface area contributed by atoms with Gasteiger partial charge in [0.2, 0.25) is 17.8 Å². The highest BCUT2D eigenvalue weighted by atomic mass is 16.2. The van der Waals surface area contributed by atoms with E-state index in [9.17, 15) is 9.59 Å². The Balaban J connectivity index is 1.12. The lowest BCUT2D eigenvalue weighted by molar-refractivity contribution is -0.131. The van der Waals surface area contributed by atoms with Crippen LogP contribution < -0.4 is 20.9 Å². The maximum absolute atomic E-state index is 12.5. The van der Waals surface area contributed by atoms with Gasteiger partial charge < -0.3 is 30.7 Å². The molecule has 2 saturated heterocycles. The van der Waals surface area contributed by atoms with Crippen molar-refractivity contribution in [2.45, 2.75) is 31.7 Å². The van der Waals surface area contributed by atoms with Crippen molar-refractivity contribution in [1.82, 2.24) is 25.1 Å². The molecular formula is C31H40N8O2. The first kappa shape index (κ1) is 28.5. The highest BCUT2D eigenvalue weighted by molar-refractivity contribution is 5.95. The van der Waals surface area contributed by atoms with Crippen LogP contribution in [0.3, 0.4) is 0 Å². The maximum Gasteiger partial charge on any atom is 0.241 e. The molecule has 2 fully saturated rings. The van der Waals surface area contributed by atoms with Gasteiger partial charge in [0.25, 0.3) is 0 Å². The van der Waals surface area contributed by atoms with E-state index < -0.39 is 0 Å². The van der Waals surface area contributed by atoms with Crippen LogP contribution in [0.25, 0.3) is 11.3 Å². The topological polar surface area (TPSA) is 106 Å². The first-order valence-corrected chi connectivity index (χ1v) is 14.5. The molecule has 2 aromatic carbocycles. The molecule has 0 radical (unpaired) electrons. The van der Waals surface area contributed by atoms with Gasteiger partial charge in [0.1, 0.15) is 0 Å². The summed E-state index contributed by atoms with van der Waals surface area (Å²) in [6.07, 6.45) is 5.16. The number of benzene rings is 2. The van der Waals surface area contributed by atoms with Crippen molar-refractivity contribution in [3.63, 3.8) is 0 Å². The lowest BCUT2D eigenvalue weighted by Crippen LogP contribution is -2.48. The molecule has 10 heteroatoms. The van der Waals surface area contributed by atoms with Gasteiger partial charge in [-0.05, 0) is 88.9 Å². The number of carbonyl (C=O) groups excluding carboxylic acids is 2. The molecule has 3 aromatic rings. The van der Waals surface area contributed by atoms with E-state index >= 15 is 0 Å². The summed E-state index contributed by atoms with van der Waals surface area (Å²) in [5, 5.41) is 9.51. The number of rotatable bonds is 10. The summed E-state index contributed by atoms with van der Waals surface area (Å²) in [6.45, 7) is 5.01. The number of anilines is 4. The largest absolute Gasteiger partial charge is 0.368 e. The molecular weight excluding hydrogens is 516 g/mol. The number of carbonyl (C=O) groups is 2. The average Bonchev–Trinajstić information content (AvgIpc) is 3.54. The second kappa shape index (κ2) is 13.6. The number of hydrogen-bond acceptors (Lipinski definition) is 8. The average molecular weight is 557 g/mol. The van der Waals surface area contributed by atoms with Crippen LogP contribution in [0.15, 0.2) is 60.8 Å². The Hall–Kier alpha value is -4.02. The van der Waals surface area contributed by atoms with Crippen molar-refractivity contribution in [2.75, 3.05) is 68.9 Å². The summed E-state index contributed by atoms with van der Waals surface area (Å²) in [7, 11) is 4.07. The number of nitrogens with zero attached hydrogens (tertiary/aromatic N) is 5. The number of aromatic nitrogens is 2. The minimum Gasteiger partial charge on any atom is -0.368 e. The van der Waals surface area contributed by atoms with Crippen LogP contribution in [-0.2, 0) is 9.59 Å². The van der Waals surface area contributed by atoms with E-state index in [-0.39, 0.29) is 17.9 Å². The van der Waals surface area contributed by atoms with Crippen molar-refractivity contribution in [3.8, 4) is 11.3 Å². The van der Waals surface area contributed by atoms with Crippen molar-refractivity contribution >= 4 is 34.8 Å². The highest BCUT2D eigenvalue weighted by Crippen LogP contribution is 2.24. The van der Waals surface area contributed by atoms with Crippen molar-refractivity contribution in [1.29, 1.82) is 0 Å². The molecule has 1 atom stereocenters. The van der Waals surface area contributed by atoms with Crippen LogP contribution in [-0.4, -0.2) is 91.0 Å². The summed E-state index contributed by atoms with van der Waals surface area (Å²) in [4.78, 5) is 40.4. The maximum atomic E-state index is 12.5. The molecule has 0 spiro atoms. The van der Waals surface area contributed by atoms with Gasteiger partial charge in [-0.1, -0.05) is 12.1 Å². The third-order valence-corrected chi connectivity index (χ3v) is 7.60. The number of piperazine rings is 1. The fourth-order valence-electron chi connectivity index (χ4n) is 5.25. The summed E-state index contributed by atoms with van der Waals surface area (Å²) < 4.78 is 0. The number of hydrogen-bond donors (Lipinski definition) is 3. The molecule has 0 aliphatic carbocycles. The third-order valence-electron chi connectivity index (χ3n) is 7.60. The van der Waals surface area contributed by atoms with E-state index in [1.165, 1.54) is 0 Å². The molecule has 1 aromatic heterocycles. The van der Waals surface area contributed by atoms with E-state index in [4.69, 9.17) is 0 Å². The predicted molar refractivity (Wildman–Crippen MR) is 163 cm³/mol. The van der Waals surface area contributed by atoms with Crippen LogP contribution in [0.1, 0.15) is 25.7 Å². The Morgan fingerprint density at radius 1 is 0.976 bits per heavy atom. The minimum absolute atomic E-state index is 0.0123. The molecule has 3 N–H and O–H groups in total. The summed E-state index contributed by atoms with van der Waals surface area (Å²) in [5.41, 5.74) is 4.55. The predicted octanol–water partition coefficient (Wildman–Crippen LogP) is 3.57. The lowest BCUT2D eigenvalue weighted by atomic mass is 10.1. The fourth-order valence-corrected chi connectivity index (χ4v) is 5.25. The summed E-state index contributed by atoms with van der Waals surface area (Å²) in [6, 6.07) is 17.7. The zero-order valence-electron chi connectivity index (χ0n) is 24.0. The zero-order chi connectivity index (χ0) is 28.6. The first-order valence-electron chi connectivity index (χ1n) is 14.5. The molecule has 2 aliphatic rings. The Kier molecular flexibility index (Phi) is 9.43. The van der Waals surface area contributed by atoms with E-state index in [2.05, 4.69) is 47.9 Å². The highest BCUT2D eigenvalue weighted by Gasteiger charge is 2.22. The SMILES string of the molecule is CN(C)CCCC(=O)N1CCN(c2ccc(Nc3nccc(-c4ccc(NC(=O)[C@@H]5CCCN5)cc4)n3)cc2)CC1. The molecule has 2 aliphatic heterocycles. The van der Waals surface area contributed by atoms with Crippen LogP contribution in [0.4, 0.5) is 23.0 Å². The third kappa shape index (κ3) is 7.80. The van der Waals surface area contributed by atoms with Gasteiger partial charge in [0.05, 0.1) is 11.7 Å². The fraction of sp³-hybridized carbons (Fsp3) is 0.419. The summed E-state index contributed by atoms with van der Waals surface area (Å²) in [5.74, 6) is 0.785. The second-order valence-electron chi connectivity index (χ2n) is 10.9. The molecule has 216 valence electrons. The van der Waals surface area contributed by atoms with E-state index in [1.54, 1.807) is 6.20 Å². The van der Waals surface area contributed by atoms with E-state index in [1.807, 2.05) is 61.5 Å². The normalized spacial score (nSPS) is 17.1. The molecule has 0 unspecified atom stereocenters. The van der Waals surface area contributed by atoms with Gasteiger partial charge in [-0.25, -0.2) is 9.97 Å². The molecule has 3 heterocycles.